The number of hydrogen-bond acceptors (Lipinski definition) is 4. The number of ether oxygens (including phenoxy) is 1. The molecular weight excluding hydrogens is 306 g/mol. The summed E-state index contributed by atoms with van der Waals surface area (Å²) in [6.45, 7) is 2.03. The largest absolute Gasteiger partial charge is 0.431 e. The first-order valence-electron chi connectivity index (χ1n) is 6.43. The molecule has 0 saturated carbocycles. The molecule has 0 aromatic heterocycles. The van der Waals surface area contributed by atoms with Crippen molar-refractivity contribution in [3.8, 4) is 5.75 Å². The third-order valence-corrected chi connectivity index (χ3v) is 3.90. The van der Waals surface area contributed by atoms with Crippen LogP contribution in [0.4, 0.5) is 5.69 Å². The molecule has 4 nitrogen and oxygen atoms in total. The van der Waals surface area contributed by atoms with Gasteiger partial charge in [0.25, 0.3) is 5.17 Å². The van der Waals surface area contributed by atoms with Crippen molar-refractivity contribution in [2.45, 2.75) is 13.1 Å². The smallest absolute Gasteiger partial charge is 0.271 e. The predicted molar refractivity (Wildman–Crippen MR) is 88.4 cm³/mol. The van der Waals surface area contributed by atoms with Gasteiger partial charge >= 0.3 is 0 Å². The molecule has 3 rings (SSSR count). The van der Waals surface area contributed by atoms with Gasteiger partial charge in [-0.2, -0.15) is 0 Å². The first kappa shape index (κ1) is 14.3. The van der Waals surface area contributed by atoms with Crippen molar-refractivity contribution >= 4 is 34.7 Å². The molecule has 2 aromatic rings. The van der Waals surface area contributed by atoms with Gasteiger partial charge in [-0.15, -0.1) is 0 Å². The van der Waals surface area contributed by atoms with Gasteiger partial charge in [0.05, 0.1) is 0 Å². The van der Waals surface area contributed by atoms with Gasteiger partial charge in [0.15, 0.2) is 0 Å². The monoisotopic (exact) mass is 319 g/mol. The van der Waals surface area contributed by atoms with Crippen LogP contribution >= 0.6 is 23.8 Å². The minimum Gasteiger partial charge on any atom is -0.431 e. The zero-order valence-electron chi connectivity index (χ0n) is 11.3. The highest BCUT2D eigenvalue weighted by Crippen LogP contribution is 2.37. The molecule has 0 radical (unpaired) electrons. The number of nitrogens with zero attached hydrogens (tertiary/aromatic N) is 1. The molecule has 0 spiro atoms. The minimum absolute atomic E-state index is 0.331. The third kappa shape index (κ3) is 2.61. The fourth-order valence-electron chi connectivity index (χ4n) is 2.34. The SMILES string of the molecule is Cc1ccc(N2C(=S)Oc3ccc(Cl)cc3C2NN)cc1. The fourth-order valence-corrected chi connectivity index (χ4v) is 2.82. The molecule has 0 bridgehead atoms. The molecule has 6 heteroatoms. The molecule has 0 amide bonds. The van der Waals surface area contributed by atoms with Gasteiger partial charge in [0, 0.05) is 16.3 Å². The van der Waals surface area contributed by atoms with Crippen LogP contribution in [0.25, 0.3) is 0 Å². The minimum atomic E-state index is -0.331. The van der Waals surface area contributed by atoms with Gasteiger partial charge in [0.2, 0.25) is 0 Å². The van der Waals surface area contributed by atoms with E-state index in [2.05, 4.69) is 5.43 Å². The lowest BCUT2D eigenvalue weighted by molar-refractivity contribution is 0.449. The maximum Gasteiger partial charge on any atom is 0.271 e. The third-order valence-electron chi connectivity index (χ3n) is 3.39. The maximum atomic E-state index is 6.07. The Morgan fingerprint density at radius 2 is 1.95 bits per heavy atom. The number of thiocarbonyl (C=S) groups is 1. The zero-order valence-corrected chi connectivity index (χ0v) is 12.9. The zero-order chi connectivity index (χ0) is 15.0. The van der Waals surface area contributed by atoms with Crippen molar-refractivity contribution in [3.05, 3.63) is 58.6 Å². The van der Waals surface area contributed by atoms with Crippen LogP contribution in [-0.4, -0.2) is 5.17 Å². The molecule has 1 atom stereocenters. The summed E-state index contributed by atoms with van der Waals surface area (Å²) in [4.78, 5) is 1.83. The summed E-state index contributed by atoms with van der Waals surface area (Å²) in [5.74, 6) is 6.40. The van der Waals surface area contributed by atoms with Crippen molar-refractivity contribution in [1.29, 1.82) is 0 Å². The van der Waals surface area contributed by atoms with Crippen LogP contribution in [0.15, 0.2) is 42.5 Å². The number of halogens is 1. The molecule has 21 heavy (non-hydrogen) atoms. The van der Waals surface area contributed by atoms with Gasteiger partial charge in [-0.1, -0.05) is 29.3 Å². The molecule has 108 valence electrons. The summed E-state index contributed by atoms with van der Waals surface area (Å²) in [6, 6.07) is 13.4. The number of hydrogen-bond donors (Lipinski definition) is 2. The number of anilines is 1. The van der Waals surface area contributed by atoms with Gasteiger partial charge < -0.3 is 4.74 Å². The van der Waals surface area contributed by atoms with E-state index in [-0.39, 0.29) is 6.17 Å². The first-order chi connectivity index (χ1) is 10.1. The number of fused-ring (bicyclic) bond motifs is 1. The number of benzene rings is 2. The summed E-state index contributed by atoms with van der Waals surface area (Å²) in [7, 11) is 0. The van der Waals surface area contributed by atoms with E-state index in [1.807, 2.05) is 42.2 Å². The second kappa shape index (κ2) is 5.61. The topological polar surface area (TPSA) is 50.5 Å². The van der Waals surface area contributed by atoms with Crippen LogP contribution in [0.2, 0.25) is 5.02 Å². The average Bonchev–Trinajstić information content (AvgIpc) is 2.47. The molecule has 2 aromatic carbocycles. The van der Waals surface area contributed by atoms with Crippen LogP contribution in [-0.2, 0) is 0 Å². The van der Waals surface area contributed by atoms with Gasteiger partial charge in [-0.05, 0) is 49.5 Å². The lowest BCUT2D eigenvalue weighted by Gasteiger charge is -2.37. The van der Waals surface area contributed by atoms with E-state index in [0.29, 0.717) is 15.9 Å². The van der Waals surface area contributed by atoms with Crippen LogP contribution in [0.1, 0.15) is 17.3 Å². The van der Waals surface area contributed by atoms with E-state index < -0.39 is 0 Å². The number of nitrogens with one attached hydrogen (secondary N) is 1. The molecule has 0 aliphatic carbocycles. The molecule has 1 heterocycles. The molecule has 0 fully saturated rings. The molecule has 1 aliphatic rings. The quantitative estimate of drug-likeness (QED) is 0.505. The predicted octanol–water partition coefficient (Wildman–Crippen LogP) is 3.29. The maximum absolute atomic E-state index is 6.07. The Hall–Kier alpha value is -1.66. The Morgan fingerprint density at radius 1 is 1.24 bits per heavy atom. The number of hydrazine groups is 1. The number of nitrogens with two attached hydrogens (primary N) is 1. The average molecular weight is 320 g/mol. The van der Waals surface area contributed by atoms with E-state index in [4.69, 9.17) is 34.4 Å². The van der Waals surface area contributed by atoms with Gasteiger partial charge in [-0.25, -0.2) is 5.43 Å². The van der Waals surface area contributed by atoms with Crippen molar-refractivity contribution < 1.29 is 4.74 Å². The van der Waals surface area contributed by atoms with E-state index in [9.17, 15) is 0 Å². The van der Waals surface area contributed by atoms with Gasteiger partial charge in [0.1, 0.15) is 11.9 Å². The lowest BCUT2D eigenvalue weighted by Crippen LogP contribution is -2.49. The Bertz CT molecular complexity index is 690. The Morgan fingerprint density at radius 3 is 2.62 bits per heavy atom. The van der Waals surface area contributed by atoms with Crippen LogP contribution in [0, 0.1) is 6.92 Å². The van der Waals surface area contributed by atoms with Crippen molar-refractivity contribution in [2.75, 3.05) is 4.90 Å². The van der Waals surface area contributed by atoms with Crippen LogP contribution in [0.5, 0.6) is 5.75 Å². The van der Waals surface area contributed by atoms with Crippen LogP contribution < -0.4 is 20.9 Å². The molecule has 0 saturated heterocycles. The van der Waals surface area contributed by atoms with Crippen molar-refractivity contribution in [2.24, 2.45) is 5.84 Å². The summed E-state index contributed by atoms with van der Waals surface area (Å²) < 4.78 is 5.72. The van der Waals surface area contributed by atoms with Crippen molar-refractivity contribution in [1.82, 2.24) is 5.43 Å². The number of rotatable bonds is 2. The summed E-state index contributed by atoms with van der Waals surface area (Å²) in [6.07, 6.45) is -0.331. The summed E-state index contributed by atoms with van der Waals surface area (Å²) in [5, 5.41) is 0.964. The normalized spacial score (nSPS) is 17.4. The van der Waals surface area contributed by atoms with E-state index in [0.717, 1.165) is 11.3 Å². The molecule has 1 unspecified atom stereocenters. The standard InChI is InChI=1S/C15H14ClN3OS/c1-9-2-5-11(6-3-9)19-14(18-17)12-8-10(16)4-7-13(12)20-15(19)21/h2-8,14,18H,17H2,1H3. The Balaban J connectivity index is 2.08. The number of aryl methyl sites for hydroxylation is 1. The second-order valence-electron chi connectivity index (χ2n) is 4.82. The fraction of sp³-hybridized carbons (Fsp3) is 0.133. The highest BCUT2D eigenvalue weighted by molar-refractivity contribution is 7.80. The molecule has 3 N–H and O–H groups in total. The van der Waals surface area contributed by atoms with Crippen molar-refractivity contribution in [3.63, 3.8) is 0 Å². The lowest BCUT2D eigenvalue weighted by atomic mass is 10.1. The summed E-state index contributed by atoms with van der Waals surface area (Å²) >= 11 is 11.4. The van der Waals surface area contributed by atoms with E-state index in [1.165, 1.54) is 5.56 Å². The molecular formula is C15H14ClN3OS. The highest BCUT2D eigenvalue weighted by atomic mass is 35.5. The Labute approximate surface area is 133 Å². The highest BCUT2D eigenvalue weighted by Gasteiger charge is 2.32. The first-order valence-corrected chi connectivity index (χ1v) is 7.22. The van der Waals surface area contributed by atoms with E-state index in [1.54, 1.807) is 12.1 Å². The van der Waals surface area contributed by atoms with Crippen LogP contribution in [0.3, 0.4) is 0 Å². The van der Waals surface area contributed by atoms with Gasteiger partial charge in [-0.3, -0.25) is 10.7 Å². The second-order valence-corrected chi connectivity index (χ2v) is 5.61. The summed E-state index contributed by atoms with van der Waals surface area (Å²) in [5.41, 5.74) is 5.70. The van der Waals surface area contributed by atoms with E-state index >= 15 is 0 Å². The molecule has 1 aliphatic heterocycles. The Kier molecular flexibility index (Phi) is 3.82.